The van der Waals surface area contributed by atoms with E-state index in [1.54, 1.807) is 14.2 Å². The molecule has 0 radical (unpaired) electrons. The van der Waals surface area contributed by atoms with Crippen LogP contribution in [0.15, 0.2) is 18.2 Å². The number of methoxy groups -OCH3 is 2. The van der Waals surface area contributed by atoms with Gasteiger partial charge in [-0.2, -0.15) is 0 Å². The molecule has 1 aliphatic rings. The fourth-order valence-electron chi connectivity index (χ4n) is 2.67. The van der Waals surface area contributed by atoms with Crippen molar-refractivity contribution >= 4 is 0 Å². The zero-order chi connectivity index (χ0) is 14.6. The summed E-state index contributed by atoms with van der Waals surface area (Å²) < 4.78 is 10.7. The van der Waals surface area contributed by atoms with Crippen LogP contribution in [0.2, 0.25) is 0 Å². The zero-order valence-corrected chi connectivity index (χ0v) is 13.2. The predicted octanol–water partition coefficient (Wildman–Crippen LogP) is 3.47. The summed E-state index contributed by atoms with van der Waals surface area (Å²) in [5, 5.41) is 3.67. The molecule has 3 nitrogen and oxygen atoms in total. The van der Waals surface area contributed by atoms with E-state index < -0.39 is 0 Å². The maximum atomic E-state index is 5.50. The molecule has 0 spiro atoms. The van der Waals surface area contributed by atoms with Crippen molar-refractivity contribution in [1.29, 1.82) is 0 Å². The molecule has 1 aliphatic carbocycles. The first-order valence-electron chi connectivity index (χ1n) is 7.47. The maximum Gasteiger partial charge on any atom is 0.123 e. The molecule has 0 amide bonds. The van der Waals surface area contributed by atoms with Crippen LogP contribution < -0.4 is 10.1 Å². The van der Waals surface area contributed by atoms with Gasteiger partial charge >= 0.3 is 0 Å². The zero-order valence-electron chi connectivity index (χ0n) is 13.2. The second kappa shape index (κ2) is 6.59. The van der Waals surface area contributed by atoms with Gasteiger partial charge in [0.15, 0.2) is 0 Å². The lowest BCUT2D eigenvalue weighted by atomic mass is 10.0. The largest absolute Gasteiger partial charge is 0.496 e. The lowest BCUT2D eigenvalue weighted by molar-refractivity contribution is 0.170. The van der Waals surface area contributed by atoms with Crippen LogP contribution in [0.25, 0.3) is 0 Å². The molecule has 1 aromatic carbocycles. The van der Waals surface area contributed by atoms with Gasteiger partial charge in [-0.15, -0.1) is 0 Å². The average molecular weight is 277 g/mol. The molecule has 1 N–H and O–H groups in total. The number of hydrogen-bond donors (Lipinski definition) is 1. The maximum absolute atomic E-state index is 5.50. The molecule has 0 bridgehead atoms. The molecule has 0 saturated heterocycles. The highest BCUT2D eigenvalue weighted by atomic mass is 16.5. The number of aryl methyl sites for hydroxylation is 1. The minimum atomic E-state index is 0.311. The van der Waals surface area contributed by atoms with Crippen LogP contribution in [-0.4, -0.2) is 27.4 Å². The fourth-order valence-corrected chi connectivity index (χ4v) is 2.67. The van der Waals surface area contributed by atoms with Gasteiger partial charge in [-0.1, -0.05) is 12.1 Å². The Hall–Kier alpha value is -1.06. The fraction of sp³-hybridized carbons (Fsp3) is 0.647. The van der Waals surface area contributed by atoms with Crippen molar-refractivity contribution in [1.82, 2.24) is 5.32 Å². The molecular weight excluding hydrogens is 250 g/mol. The van der Waals surface area contributed by atoms with Crippen molar-refractivity contribution in [2.45, 2.75) is 39.2 Å². The van der Waals surface area contributed by atoms with Gasteiger partial charge in [-0.3, -0.25) is 0 Å². The normalized spacial score (nSPS) is 17.8. The molecule has 0 aromatic heterocycles. The van der Waals surface area contributed by atoms with E-state index in [1.807, 2.05) is 0 Å². The molecule has 2 rings (SSSR count). The summed E-state index contributed by atoms with van der Waals surface area (Å²) in [7, 11) is 3.52. The Bertz CT molecular complexity index is 441. The van der Waals surface area contributed by atoms with Gasteiger partial charge in [0.05, 0.1) is 7.11 Å². The van der Waals surface area contributed by atoms with Crippen molar-refractivity contribution < 1.29 is 9.47 Å². The highest BCUT2D eigenvalue weighted by Gasteiger charge is 2.41. The van der Waals surface area contributed by atoms with Gasteiger partial charge in [-0.25, -0.2) is 0 Å². The van der Waals surface area contributed by atoms with E-state index in [-0.39, 0.29) is 0 Å². The Labute approximate surface area is 122 Å². The van der Waals surface area contributed by atoms with Gasteiger partial charge in [0.25, 0.3) is 0 Å². The first-order valence-corrected chi connectivity index (χ1v) is 7.47. The molecule has 3 heteroatoms. The predicted molar refractivity (Wildman–Crippen MR) is 82.3 cm³/mol. The molecule has 0 heterocycles. The highest BCUT2D eigenvalue weighted by molar-refractivity contribution is 5.39. The second-order valence-electron chi connectivity index (χ2n) is 6.09. The number of hydrogen-bond acceptors (Lipinski definition) is 3. The molecular formula is C17H27NO2. The van der Waals surface area contributed by atoms with Gasteiger partial charge in [0.1, 0.15) is 5.75 Å². The summed E-state index contributed by atoms with van der Waals surface area (Å²) in [5.41, 5.74) is 2.94. The van der Waals surface area contributed by atoms with Gasteiger partial charge < -0.3 is 14.8 Å². The van der Waals surface area contributed by atoms with Gasteiger partial charge in [0.2, 0.25) is 0 Å². The molecule has 20 heavy (non-hydrogen) atoms. The average Bonchev–Trinajstić information content (AvgIpc) is 3.23. The summed E-state index contributed by atoms with van der Waals surface area (Å²) in [4.78, 5) is 0. The van der Waals surface area contributed by atoms with E-state index in [4.69, 9.17) is 9.47 Å². The Morgan fingerprint density at radius 1 is 1.30 bits per heavy atom. The Morgan fingerprint density at radius 2 is 2.05 bits per heavy atom. The molecule has 1 aromatic rings. The third-order valence-electron chi connectivity index (χ3n) is 4.43. The second-order valence-corrected chi connectivity index (χ2v) is 6.09. The third kappa shape index (κ3) is 3.74. The molecule has 1 unspecified atom stereocenters. The Morgan fingerprint density at radius 3 is 2.65 bits per heavy atom. The first-order chi connectivity index (χ1) is 9.60. The SMILES string of the molecule is COCCC1(CNC(C)c2ccc(C)cc2OC)CC1. The van der Waals surface area contributed by atoms with Crippen molar-refractivity contribution in [3.63, 3.8) is 0 Å². The minimum Gasteiger partial charge on any atom is -0.496 e. The van der Waals surface area contributed by atoms with Crippen molar-refractivity contribution in [2.24, 2.45) is 5.41 Å². The van der Waals surface area contributed by atoms with Gasteiger partial charge in [0, 0.05) is 31.9 Å². The number of benzene rings is 1. The van der Waals surface area contributed by atoms with E-state index >= 15 is 0 Å². The molecule has 1 atom stereocenters. The van der Waals surface area contributed by atoms with Gasteiger partial charge in [-0.05, 0) is 50.2 Å². The van der Waals surface area contributed by atoms with E-state index in [1.165, 1.54) is 24.0 Å². The number of rotatable bonds is 8. The summed E-state index contributed by atoms with van der Waals surface area (Å²) in [6.45, 7) is 6.23. The van der Waals surface area contributed by atoms with Crippen LogP contribution in [0.3, 0.4) is 0 Å². The highest BCUT2D eigenvalue weighted by Crippen LogP contribution is 2.48. The monoisotopic (exact) mass is 277 g/mol. The minimum absolute atomic E-state index is 0.311. The van der Waals surface area contributed by atoms with Crippen LogP contribution in [-0.2, 0) is 4.74 Å². The lowest BCUT2D eigenvalue weighted by Gasteiger charge is -2.22. The van der Waals surface area contributed by atoms with Crippen LogP contribution in [0.4, 0.5) is 0 Å². The van der Waals surface area contributed by atoms with E-state index in [0.29, 0.717) is 11.5 Å². The Balaban J connectivity index is 1.93. The smallest absolute Gasteiger partial charge is 0.123 e. The topological polar surface area (TPSA) is 30.5 Å². The third-order valence-corrected chi connectivity index (χ3v) is 4.43. The lowest BCUT2D eigenvalue weighted by Crippen LogP contribution is -2.27. The van der Waals surface area contributed by atoms with E-state index in [0.717, 1.165) is 25.3 Å². The van der Waals surface area contributed by atoms with Crippen LogP contribution in [0, 0.1) is 12.3 Å². The quantitative estimate of drug-likeness (QED) is 0.789. The standard InChI is InChI=1S/C17H27NO2/c1-13-5-6-15(16(11-13)20-4)14(2)18-12-17(7-8-17)9-10-19-3/h5-6,11,14,18H,7-10,12H2,1-4H3. The Kier molecular flexibility index (Phi) is 5.06. The van der Waals surface area contributed by atoms with E-state index in [9.17, 15) is 0 Å². The van der Waals surface area contributed by atoms with Crippen LogP contribution >= 0.6 is 0 Å². The molecule has 112 valence electrons. The van der Waals surface area contributed by atoms with Crippen LogP contribution in [0.1, 0.15) is 43.4 Å². The van der Waals surface area contributed by atoms with Crippen molar-refractivity contribution in [2.75, 3.05) is 27.4 Å². The number of nitrogens with one attached hydrogen (secondary N) is 1. The molecule has 0 aliphatic heterocycles. The van der Waals surface area contributed by atoms with Crippen molar-refractivity contribution in [3.8, 4) is 5.75 Å². The molecule has 1 fully saturated rings. The first kappa shape index (κ1) is 15.3. The van der Waals surface area contributed by atoms with Crippen LogP contribution in [0.5, 0.6) is 5.75 Å². The summed E-state index contributed by atoms with van der Waals surface area (Å²) in [6.07, 6.45) is 3.80. The summed E-state index contributed by atoms with van der Waals surface area (Å²) >= 11 is 0. The summed E-state index contributed by atoms with van der Waals surface area (Å²) in [6, 6.07) is 6.73. The number of ether oxygens (including phenoxy) is 2. The molecule has 1 saturated carbocycles. The summed E-state index contributed by atoms with van der Waals surface area (Å²) in [5.74, 6) is 0.978. The van der Waals surface area contributed by atoms with E-state index in [2.05, 4.69) is 37.4 Å². The van der Waals surface area contributed by atoms with Crippen molar-refractivity contribution in [3.05, 3.63) is 29.3 Å².